The van der Waals surface area contributed by atoms with E-state index in [9.17, 15) is 20.2 Å². The van der Waals surface area contributed by atoms with E-state index in [1.807, 2.05) is 19.0 Å². The van der Waals surface area contributed by atoms with Crippen molar-refractivity contribution in [3.05, 3.63) is 32.1 Å². The lowest BCUT2D eigenvalue weighted by Crippen LogP contribution is -2.21. The number of imidazole rings is 1. The van der Waals surface area contributed by atoms with Gasteiger partial charge in [-0.3, -0.25) is 20.2 Å². The van der Waals surface area contributed by atoms with Crippen molar-refractivity contribution in [3.63, 3.8) is 0 Å². The van der Waals surface area contributed by atoms with Gasteiger partial charge in [0, 0.05) is 19.2 Å². The first kappa shape index (κ1) is 15.6. The number of hydrogen-bond donors (Lipinski definition) is 2. The van der Waals surface area contributed by atoms with E-state index in [2.05, 4.69) is 15.3 Å². The Balaban J connectivity index is 2.62. The molecule has 10 heteroatoms. The number of aryl methyl sites for hydroxylation is 1. The zero-order chi connectivity index (χ0) is 16.4. The third kappa shape index (κ3) is 2.96. The van der Waals surface area contributed by atoms with Gasteiger partial charge in [0.05, 0.1) is 15.4 Å². The number of fused-ring (bicyclic) bond motifs is 1. The molecule has 22 heavy (non-hydrogen) atoms. The van der Waals surface area contributed by atoms with Gasteiger partial charge >= 0.3 is 11.4 Å². The van der Waals surface area contributed by atoms with Crippen LogP contribution in [-0.2, 0) is 0 Å². The molecule has 118 valence electrons. The van der Waals surface area contributed by atoms with Crippen LogP contribution in [0.4, 0.5) is 17.1 Å². The molecule has 10 nitrogen and oxygen atoms in total. The number of aromatic nitrogens is 2. The lowest BCUT2D eigenvalue weighted by atomic mass is 10.2. The van der Waals surface area contributed by atoms with Crippen LogP contribution in [0.2, 0.25) is 0 Å². The van der Waals surface area contributed by atoms with Crippen LogP contribution in [0.1, 0.15) is 5.82 Å². The smallest absolute Gasteiger partial charge is 0.327 e. The van der Waals surface area contributed by atoms with E-state index in [1.165, 1.54) is 6.07 Å². The molecule has 0 radical (unpaired) electrons. The second kappa shape index (κ2) is 5.93. The van der Waals surface area contributed by atoms with Gasteiger partial charge in [-0.2, -0.15) is 0 Å². The molecular weight excluding hydrogens is 292 g/mol. The maximum absolute atomic E-state index is 11.4. The van der Waals surface area contributed by atoms with Crippen molar-refractivity contribution in [1.29, 1.82) is 0 Å². The number of nitro benzene ring substituents is 2. The molecule has 2 N–H and O–H groups in total. The summed E-state index contributed by atoms with van der Waals surface area (Å²) in [7, 11) is 3.68. The molecule has 0 spiro atoms. The minimum Gasteiger partial charge on any atom is -0.372 e. The minimum atomic E-state index is -0.645. The molecule has 0 aliphatic rings. The fourth-order valence-corrected chi connectivity index (χ4v) is 2.14. The number of anilines is 1. The van der Waals surface area contributed by atoms with E-state index in [0.29, 0.717) is 18.9 Å². The van der Waals surface area contributed by atoms with Crippen LogP contribution >= 0.6 is 0 Å². The summed E-state index contributed by atoms with van der Waals surface area (Å²) in [5.41, 5.74) is -0.459. The molecule has 0 bridgehead atoms. The summed E-state index contributed by atoms with van der Waals surface area (Å²) in [5, 5.41) is 25.4. The fourth-order valence-electron chi connectivity index (χ4n) is 2.14. The molecule has 1 aromatic carbocycles. The van der Waals surface area contributed by atoms with E-state index < -0.39 is 9.85 Å². The monoisotopic (exact) mass is 308 g/mol. The van der Waals surface area contributed by atoms with Gasteiger partial charge in [0.1, 0.15) is 5.82 Å². The molecule has 0 fully saturated rings. The van der Waals surface area contributed by atoms with Gasteiger partial charge in [0.2, 0.25) is 0 Å². The molecule has 0 saturated carbocycles. The number of rotatable bonds is 6. The SMILES string of the molecule is Cc1nc2c([N+](=O)[O-])c(NCCN(C)C)c([N+](=O)[O-])cc2[nH]1. The maximum atomic E-state index is 11.4. The van der Waals surface area contributed by atoms with Crippen LogP contribution in [0.15, 0.2) is 6.07 Å². The number of nitrogens with zero attached hydrogens (tertiary/aromatic N) is 4. The maximum Gasteiger partial charge on any atom is 0.327 e. The first-order valence-electron chi connectivity index (χ1n) is 6.52. The normalized spacial score (nSPS) is 11.1. The molecule has 1 heterocycles. The highest BCUT2D eigenvalue weighted by Crippen LogP contribution is 2.39. The Hall–Kier alpha value is -2.75. The summed E-state index contributed by atoms with van der Waals surface area (Å²) in [4.78, 5) is 30.1. The molecule has 0 unspecified atom stereocenters. The topological polar surface area (TPSA) is 130 Å². The predicted octanol–water partition coefficient (Wildman–Crippen LogP) is 1.66. The molecule has 0 amide bonds. The summed E-state index contributed by atoms with van der Waals surface area (Å²) in [5.74, 6) is 0.456. The molecule has 0 saturated heterocycles. The van der Waals surface area contributed by atoms with Crippen LogP contribution < -0.4 is 5.32 Å². The van der Waals surface area contributed by atoms with Gasteiger partial charge in [-0.15, -0.1) is 0 Å². The van der Waals surface area contributed by atoms with Gasteiger partial charge < -0.3 is 15.2 Å². The first-order valence-corrected chi connectivity index (χ1v) is 6.52. The molecule has 1 aromatic heterocycles. The summed E-state index contributed by atoms with van der Waals surface area (Å²) < 4.78 is 0. The Kier molecular flexibility index (Phi) is 4.22. The highest BCUT2D eigenvalue weighted by molar-refractivity contribution is 5.96. The van der Waals surface area contributed by atoms with E-state index in [1.54, 1.807) is 6.92 Å². The van der Waals surface area contributed by atoms with Crippen LogP contribution in [0.25, 0.3) is 11.0 Å². The number of hydrogen-bond acceptors (Lipinski definition) is 7. The van der Waals surface area contributed by atoms with Crippen molar-refractivity contribution in [2.24, 2.45) is 0 Å². The van der Waals surface area contributed by atoms with Crippen molar-refractivity contribution in [1.82, 2.24) is 14.9 Å². The summed E-state index contributed by atoms with van der Waals surface area (Å²) in [6, 6.07) is 1.26. The number of likely N-dealkylation sites (N-methyl/N-ethyl adjacent to an activating group) is 1. The second-order valence-corrected chi connectivity index (χ2v) is 5.08. The first-order chi connectivity index (χ1) is 10.3. The van der Waals surface area contributed by atoms with Crippen LogP contribution in [0.3, 0.4) is 0 Å². The van der Waals surface area contributed by atoms with Crippen molar-refractivity contribution in [2.75, 3.05) is 32.5 Å². The number of nitro groups is 2. The average Bonchev–Trinajstić information content (AvgIpc) is 2.76. The third-order valence-electron chi connectivity index (χ3n) is 3.09. The largest absolute Gasteiger partial charge is 0.372 e. The number of H-pyrrole nitrogens is 1. The van der Waals surface area contributed by atoms with Crippen LogP contribution in [0.5, 0.6) is 0 Å². The van der Waals surface area contributed by atoms with Gasteiger partial charge in [-0.25, -0.2) is 4.98 Å². The Morgan fingerprint density at radius 3 is 2.55 bits per heavy atom. The predicted molar refractivity (Wildman–Crippen MR) is 81.2 cm³/mol. The van der Waals surface area contributed by atoms with Gasteiger partial charge in [0.25, 0.3) is 0 Å². The zero-order valence-corrected chi connectivity index (χ0v) is 12.4. The average molecular weight is 308 g/mol. The van der Waals surface area contributed by atoms with Crippen molar-refractivity contribution in [3.8, 4) is 0 Å². The third-order valence-corrected chi connectivity index (χ3v) is 3.09. The molecular formula is C12H16N6O4. The van der Waals surface area contributed by atoms with E-state index in [4.69, 9.17) is 0 Å². The fraction of sp³-hybridized carbons (Fsp3) is 0.417. The van der Waals surface area contributed by atoms with Gasteiger partial charge in [-0.05, 0) is 21.0 Å². The van der Waals surface area contributed by atoms with Crippen molar-refractivity contribution in [2.45, 2.75) is 6.92 Å². The van der Waals surface area contributed by atoms with E-state index >= 15 is 0 Å². The minimum absolute atomic E-state index is 0.112. The molecule has 0 atom stereocenters. The summed E-state index contributed by atoms with van der Waals surface area (Å²) in [6.07, 6.45) is 0. The molecule has 2 rings (SSSR count). The molecule has 2 aromatic rings. The Morgan fingerprint density at radius 2 is 2.00 bits per heavy atom. The van der Waals surface area contributed by atoms with Crippen molar-refractivity contribution >= 4 is 28.1 Å². The highest BCUT2D eigenvalue weighted by atomic mass is 16.6. The van der Waals surface area contributed by atoms with Crippen LogP contribution in [0, 0.1) is 27.2 Å². The lowest BCUT2D eigenvalue weighted by molar-refractivity contribution is -0.391. The van der Waals surface area contributed by atoms with E-state index in [-0.39, 0.29) is 28.1 Å². The van der Waals surface area contributed by atoms with Gasteiger partial charge in [0.15, 0.2) is 11.2 Å². The number of benzene rings is 1. The Labute approximate surface area is 125 Å². The highest BCUT2D eigenvalue weighted by Gasteiger charge is 2.30. The molecule has 0 aliphatic heterocycles. The van der Waals surface area contributed by atoms with Crippen molar-refractivity contribution < 1.29 is 9.85 Å². The second-order valence-electron chi connectivity index (χ2n) is 5.08. The lowest BCUT2D eigenvalue weighted by Gasteiger charge is -2.11. The Morgan fingerprint density at radius 1 is 1.32 bits per heavy atom. The van der Waals surface area contributed by atoms with Gasteiger partial charge in [-0.1, -0.05) is 0 Å². The number of nitrogens with one attached hydrogen (secondary N) is 2. The quantitative estimate of drug-likeness (QED) is 0.613. The Bertz CT molecular complexity index is 739. The number of aromatic amines is 1. The zero-order valence-electron chi connectivity index (χ0n) is 12.4. The standard InChI is InChI=1S/C12H16N6O4/c1-7-14-8-6-9(17(19)20)11(13-4-5-16(2)3)12(18(21)22)10(8)15-7/h6,13H,4-5H2,1-3H3,(H,14,15). The summed E-state index contributed by atoms with van der Waals surface area (Å²) in [6.45, 7) is 2.55. The van der Waals surface area contributed by atoms with Crippen LogP contribution in [-0.4, -0.2) is 51.9 Å². The molecule has 0 aliphatic carbocycles. The summed E-state index contributed by atoms with van der Waals surface area (Å²) >= 11 is 0. The van der Waals surface area contributed by atoms with E-state index in [0.717, 1.165) is 0 Å².